The summed E-state index contributed by atoms with van der Waals surface area (Å²) >= 11 is 0. The SMILES string of the molecule is CCOc1ccccc1OCCN(CC)CCCN. The predicted octanol–water partition coefficient (Wildman–Crippen LogP) is 2.13. The van der Waals surface area contributed by atoms with E-state index in [0.29, 0.717) is 13.2 Å². The first-order valence-corrected chi connectivity index (χ1v) is 7.08. The fraction of sp³-hybridized carbons (Fsp3) is 0.600. The maximum atomic E-state index is 5.80. The number of rotatable bonds is 10. The summed E-state index contributed by atoms with van der Waals surface area (Å²) in [6.07, 6.45) is 1.03. The van der Waals surface area contributed by atoms with E-state index in [1.807, 2.05) is 31.2 Å². The standard InChI is InChI=1S/C15H26N2O2/c1-3-17(11-7-10-16)12-13-19-15-9-6-5-8-14(15)18-4-2/h5-6,8-9H,3-4,7,10-13,16H2,1-2H3. The second-order valence-corrected chi connectivity index (χ2v) is 4.30. The zero-order valence-electron chi connectivity index (χ0n) is 12.1. The van der Waals surface area contributed by atoms with Crippen molar-refractivity contribution in [2.24, 2.45) is 5.73 Å². The van der Waals surface area contributed by atoms with Gasteiger partial charge in [0.1, 0.15) is 6.61 Å². The van der Waals surface area contributed by atoms with Crippen LogP contribution in [0, 0.1) is 0 Å². The lowest BCUT2D eigenvalue weighted by Gasteiger charge is -2.20. The summed E-state index contributed by atoms with van der Waals surface area (Å²) in [7, 11) is 0. The first kappa shape index (κ1) is 15.8. The van der Waals surface area contributed by atoms with Crippen LogP contribution in [0.5, 0.6) is 11.5 Å². The highest BCUT2D eigenvalue weighted by Gasteiger charge is 2.05. The molecule has 0 aliphatic heterocycles. The van der Waals surface area contributed by atoms with Gasteiger partial charge in [-0.05, 0) is 45.1 Å². The average molecular weight is 266 g/mol. The molecule has 0 heterocycles. The summed E-state index contributed by atoms with van der Waals surface area (Å²) in [5.74, 6) is 1.63. The summed E-state index contributed by atoms with van der Waals surface area (Å²) < 4.78 is 11.3. The molecule has 0 atom stereocenters. The van der Waals surface area contributed by atoms with Gasteiger partial charge in [-0.2, -0.15) is 0 Å². The van der Waals surface area contributed by atoms with Gasteiger partial charge in [-0.3, -0.25) is 0 Å². The Morgan fingerprint density at radius 1 is 1.05 bits per heavy atom. The monoisotopic (exact) mass is 266 g/mol. The van der Waals surface area contributed by atoms with Gasteiger partial charge >= 0.3 is 0 Å². The molecule has 0 unspecified atom stereocenters. The van der Waals surface area contributed by atoms with E-state index < -0.39 is 0 Å². The van der Waals surface area contributed by atoms with Crippen LogP contribution in [0.1, 0.15) is 20.3 Å². The molecule has 19 heavy (non-hydrogen) atoms. The Hall–Kier alpha value is -1.26. The Balaban J connectivity index is 2.39. The topological polar surface area (TPSA) is 47.7 Å². The van der Waals surface area contributed by atoms with E-state index in [4.69, 9.17) is 15.2 Å². The Morgan fingerprint density at radius 3 is 2.32 bits per heavy atom. The van der Waals surface area contributed by atoms with Crippen molar-refractivity contribution in [2.45, 2.75) is 20.3 Å². The number of hydrogen-bond donors (Lipinski definition) is 1. The third kappa shape index (κ3) is 5.94. The molecule has 108 valence electrons. The Labute approximate surface area is 116 Å². The molecule has 1 aromatic carbocycles. The van der Waals surface area contributed by atoms with Gasteiger partial charge in [-0.25, -0.2) is 0 Å². The smallest absolute Gasteiger partial charge is 0.161 e. The summed E-state index contributed by atoms with van der Waals surface area (Å²) in [4.78, 5) is 2.34. The van der Waals surface area contributed by atoms with Crippen LogP contribution < -0.4 is 15.2 Å². The van der Waals surface area contributed by atoms with Crippen molar-refractivity contribution in [3.63, 3.8) is 0 Å². The lowest BCUT2D eigenvalue weighted by Crippen LogP contribution is -2.30. The van der Waals surface area contributed by atoms with Crippen LogP contribution in [0.4, 0.5) is 0 Å². The second-order valence-electron chi connectivity index (χ2n) is 4.30. The van der Waals surface area contributed by atoms with Crippen LogP contribution in [-0.4, -0.2) is 44.3 Å². The Morgan fingerprint density at radius 2 is 1.74 bits per heavy atom. The number of likely N-dealkylation sites (N-methyl/N-ethyl adjacent to an activating group) is 1. The molecule has 0 bridgehead atoms. The normalized spacial score (nSPS) is 10.7. The molecule has 0 radical (unpaired) electrons. The van der Waals surface area contributed by atoms with E-state index >= 15 is 0 Å². The van der Waals surface area contributed by atoms with Crippen molar-refractivity contribution in [3.05, 3.63) is 24.3 Å². The van der Waals surface area contributed by atoms with Gasteiger partial charge < -0.3 is 20.1 Å². The number of ether oxygens (including phenoxy) is 2. The highest BCUT2D eigenvalue weighted by Crippen LogP contribution is 2.26. The summed E-state index contributed by atoms with van der Waals surface area (Å²) in [5, 5.41) is 0. The number of nitrogens with two attached hydrogens (primary N) is 1. The van der Waals surface area contributed by atoms with Gasteiger partial charge in [0.15, 0.2) is 11.5 Å². The Kier molecular flexibility index (Phi) is 8.02. The second kappa shape index (κ2) is 9.64. The molecule has 0 saturated heterocycles. The molecule has 4 nitrogen and oxygen atoms in total. The number of nitrogens with zero attached hydrogens (tertiary/aromatic N) is 1. The predicted molar refractivity (Wildman–Crippen MR) is 78.9 cm³/mol. The highest BCUT2D eigenvalue weighted by molar-refractivity contribution is 5.39. The van der Waals surface area contributed by atoms with Crippen LogP contribution in [0.25, 0.3) is 0 Å². The number of para-hydroxylation sites is 2. The lowest BCUT2D eigenvalue weighted by molar-refractivity contribution is 0.207. The quantitative estimate of drug-likeness (QED) is 0.705. The van der Waals surface area contributed by atoms with Gasteiger partial charge in [0, 0.05) is 6.54 Å². The molecule has 4 heteroatoms. The minimum absolute atomic E-state index is 0.651. The van der Waals surface area contributed by atoms with Gasteiger partial charge in [0.25, 0.3) is 0 Å². The van der Waals surface area contributed by atoms with E-state index in [1.165, 1.54) is 0 Å². The van der Waals surface area contributed by atoms with Gasteiger partial charge in [-0.15, -0.1) is 0 Å². The first-order valence-electron chi connectivity index (χ1n) is 7.08. The molecular weight excluding hydrogens is 240 g/mol. The molecular formula is C15H26N2O2. The molecule has 0 aliphatic carbocycles. The summed E-state index contributed by atoms with van der Waals surface area (Å²) in [5.41, 5.74) is 5.53. The van der Waals surface area contributed by atoms with Gasteiger partial charge in [0.2, 0.25) is 0 Å². The maximum Gasteiger partial charge on any atom is 0.161 e. The van der Waals surface area contributed by atoms with E-state index in [2.05, 4.69) is 11.8 Å². The molecule has 1 rings (SSSR count). The van der Waals surface area contributed by atoms with Crippen molar-refractivity contribution >= 4 is 0 Å². The minimum Gasteiger partial charge on any atom is -0.490 e. The molecule has 0 aliphatic rings. The molecule has 2 N–H and O–H groups in total. The molecule has 0 aromatic heterocycles. The Bertz CT molecular complexity index is 345. The van der Waals surface area contributed by atoms with E-state index in [9.17, 15) is 0 Å². The largest absolute Gasteiger partial charge is 0.490 e. The molecule has 1 aromatic rings. The van der Waals surface area contributed by atoms with Crippen molar-refractivity contribution in [3.8, 4) is 11.5 Å². The van der Waals surface area contributed by atoms with Crippen LogP contribution in [0.15, 0.2) is 24.3 Å². The maximum absolute atomic E-state index is 5.80. The van der Waals surface area contributed by atoms with Crippen LogP contribution in [0.3, 0.4) is 0 Å². The van der Waals surface area contributed by atoms with Crippen LogP contribution in [-0.2, 0) is 0 Å². The van der Waals surface area contributed by atoms with E-state index in [1.54, 1.807) is 0 Å². The van der Waals surface area contributed by atoms with Crippen molar-refractivity contribution in [1.29, 1.82) is 0 Å². The minimum atomic E-state index is 0.651. The summed E-state index contributed by atoms with van der Waals surface area (Å²) in [6.45, 7) is 9.16. The van der Waals surface area contributed by atoms with Crippen LogP contribution in [0.2, 0.25) is 0 Å². The van der Waals surface area contributed by atoms with E-state index in [-0.39, 0.29) is 0 Å². The zero-order chi connectivity index (χ0) is 13.9. The highest BCUT2D eigenvalue weighted by atomic mass is 16.5. The third-order valence-electron chi connectivity index (χ3n) is 2.94. The van der Waals surface area contributed by atoms with Crippen LogP contribution >= 0.6 is 0 Å². The summed E-state index contributed by atoms with van der Waals surface area (Å²) in [6, 6.07) is 7.80. The van der Waals surface area contributed by atoms with Crippen molar-refractivity contribution < 1.29 is 9.47 Å². The third-order valence-corrected chi connectivity index (χ3v) is 2.94. The van der Waals surface area contributed by atoms with Crippen molar-refractivity contribution in [1.82, 2.24) is 4.90 Å². The van der Waals surface area contributed by atoms with Crippen molar-refractivity contribution in [2.75, 3.05) is 39.4 Å². The molecule has 0 amide bonds. The number of hydrogen-bond acceptors (Lipinski definition) is 4. The zero-order valence-corrected chi connectivity index (χ0v) is 12.1. The number of benzene rings is 1. The fourth-order valence-electron chi connectivity index (χ4n) is 1.87. The first-order chi connectivity index (χ1) is 9.31. The van der Waals surface area contributed by atoms with Gasteiger partial charge in [0.05, 0.1) is 6.61 Å². The molecule has 0 fully saturated rings. The average Bonchev–Trinajstić information content (AvgIpc) is 2.44. The van der Waals surface area contributed by atoms with Gasteiger partial charge in [-0.1, -0.05) is 19.1 Å². The van der Waals surface area contributed by atoms with E-state index in [0.717, 1.165) is 44.1 Å². The molecule has 0 saturated carbocycles. The lowest BCUT2D eigenvalue weighted by atomic mass is 10.3. The molecule has 0 spiro atoms. The fourth-order valence-corrected chi connectivity index (χ4v) is 1.87.